The standard InChI is InChI=1S/C18H20BrN5O/c1-20-18(21-11-15-9-10-23-24(15)2)22-12-16-7-8-17(25-16)13-3-5-14(19)6-4-13/h3-10H,11-12H2,1-2H3,(H2,20,21,22). The quantitative estimate of drug-likeness (QED) is 0.508. The third-order valence-corrected chi connectivity index (χ3v) is 4.33. The molecule has 0 fully saturated rings. The van der Waals surface area contributed by atoms with Crippen LogP contribution in [0, 0.1) is 0 Å². The van der Waals surface area contributed by atoms with Gasteiger partial charge in [-0.2, -0.15) is 5.10 Å². The van der Waals surface area contributed by atoms with E-state index in [1.54, 1.807) is 13.2 Å². The molecule has 0 saturated carbocycles. The number of aliphatic imine (C=N–C) groups is 1. The average Bonchev–Trinajstić information content (AvgIpc) is 3.25. The molecular weight excluding hydrogens is 382 g/mol. The highest BCUT2D eigenvalue weighted by molar-refractivity contribution is 9.10. The summed E-state index contributed by atoms with van der Waals surface area (Å²) in [6, 6.07) is 14.0. The van der Waals surface area contributed by atoms with E-state index in [0.717, 1.165) is 27.3 Å². The molecule has 130 valence electrons. The average molecular weight is 402 g/mol. The Hall–Kier alpha value is -2.54. The Kier molecular flexibility index (Phi) is 5.55. The molecule has 3 aromatic rings. The van der Waals surface area contributed by atoms with Gasteiger partial charge in [0.25, 0.3) is 0 Å². The van der Waals surface area contributed by atoms with Crippen LogP contribution in [0.1, 0.15) is 11.5 Å². The summed E-state index contributed by atoms with van der Waals surface area (Å²) in [6.07, 6.45) is 1.78. The maximum Gasteiger partial charge on any atom is 0.191 e. The molecule has 0 bridgehead atoms. The summed E-state index contributed by atoms with van der Waals surface area (Å²) < 4.78 is 8.78. The maximum absolute atomic E-state index is 5.90. The van der Waals surface area contributed by atoms with Crippen molar-refractivity contribution < 1.29 is 4.42 Å². The minimum Gasteiger partial charge on any atom is -0.459 e. The van der Waals surface area contributed by atoms with Crippen molar-refractivity contribution in [2.24, 2.45) is 12.0 Å². The number of nitrogens with one attached hydrogen (secondary N) is 2. The van der Waals surface area contributed by atoms with Crippen molar-refractivity contribution in [3.8, 4) is 11.3 Å². The van der Waals surface area contributed by atoms with Crippen LogP contribution in [-0.2, 0) is 20.1 Å². The van der Waals surface area contributed by atoms with Gasteiger partial charge in [-0.3, -0.25) is 9.67 Å². The van der Waals surface area contributed by atoms with Crippen LogP contribution in [0.15, 0.2) is 62.5 Å². The third kappa shape index (κ3) is 4.51. The van der Waals surface area contributed by atoms with E-state index >= 15 is 0 Å². The molecule has 0 radical (unpaired) electrons. The Labute approximate surface area is 155 Å². The van der Waals surface area contributed by atoms with Crippen molar-refractivity contribution in [1.82, 2.24) is 20.4 Å². The van der Waals surface area contributed by atoms with E-state index in [0.29, 0.717) is 19.0 Å². The number of furan rings is 1. The molecule has 0 spiro atoms. The molecule has 2 heterocycles. The first kappa shape index (κ1) is 17.3. The van der Waals surface area contributed by atoms with Gasteiger partial charge in [-0.1, -0.05) is 28.1 Å². The number of halogens is 1. The van der Waals surface area contributed by atoms with Gasteiger partial charge in [0, 0.05) is 30.3 Å². The summed E-state index contributed by atoms with van der Waals surface area (Å²) in [5, 5.41) is 10.7. The smallest absolute Gasteiger partial charge is 0.191 e. The van der Waals surface area contributed by atoms with Crippen LogP contribution in [-0.4, -0.2) is 22.8 Å². The van der Waals surface area contributed by atoms with Crippen molar-refractivity contribution in [3.63, 3.8) is 0 Å². The molecule has 0 amide bonds. The van der Waals surface area contributed by atoms with E-state index in [2.05, 4.69) is 36.7 Å². The van der Waals surface area contributed by atoms with Gasteiger partial charge in [0.2, 0.25) is 0 Å². The zero-order valence-electron chi connectivity index (χ0n) is 14.2. The molecule has 0 unspecified atom stereocenters. The summed E-state index contributed by atoms with van der Waals surface area (Å²) in [5.74, 6) is 2.41. The van der Waals surface area contributed by atoms with E-state index in [1.165, 1.54) is 0 Å². The van der Waals surface area contributed by atoms with Crippen LogP contribution in [0.5, 0.6) is 0 Å². The van der Waals surface area contributed by atoms with E-state index in [1.807, 2.05) is 54.2 Å². The predicted octanol–water partition coefficient (Wildman–Crippen LogP) is 3.31. The first-order valence-corrected chi connectivity index (χ1v) is 8.71. The number of hydrogen-bond acceptors (Lipinski definition) is 3. The van der Waals surface area contributed by atoms with Gasteiger partial charge in [0.1, 0.15) is 11.5 Å². The molecule has 2 aromatic heterocycles. The molecule has 25 heavy (non-hydrogen) atoms. The molecule has 0 atom stereocenters. The van der Waals surface area contributed by atoms with Crippen LogP contribution >= 0.6 is 15.9 Å². The van der Waals surface area contributed by atoms with Crippen LogP contribution < -0.4 is 10.6 Å². The molecule has 2 N–H and O–H groups in total. The van der Waals surface area contributed by atoms with Crippen LogP contribution in [0.2, 0.25) is 0 Å². The molecule has 0 saturated heterocycles. The highest BCUT2D eigenvalue weighted by Crippen LogP contribution is 2.23. The first-order valence-electron chi connectivity index (χ1n) is 7.92. The van der Waals surface area contributed by atoms with E-state index < -0.39 is 0 Å². The monoisotopic (exact) mass is 401 g/mol. The lowest BCUT2D eigenvalue weighted by molar-refractivity contribution is 0.513. The van der Waals surface area contributed by atoms with Gasteiger partial charge in [-0.05, 0) is 30.3 Å². The highest BCUT2D eigenvalue weighted by Gasteiger charge is 2.06. The Morgan fingerprint density at radius 2 is 1.88 bits per heavy atom. The highest BCUT2D eigenvalue weighted by atomic mass is 79.9. The molecule has 0 aliphatic heterocycles. The second-order valence-corrected chi connectivity index (χ2v) is 6.41. The van der Waals surface area contributed by atoms with Crippen molar-refractivity contribution in [2.75, 3.05) is 7.05 Å². The fourth-order valence-electron chi connectivity index (χ4n) is 2.38. The lowest BCUT2D eigenvalue weighted by atomic mass is 10.2. The molecule has 7 heteroatoms. The number of guanidine groups is 1. The Bertz CT molecular complexity index is 850. The van der Waals surface area contributed by atoms with Gasteiger partial charge in [-0.15, -0.1) is 0 Å². The van der Waals surface area contributed by atoms with Crippen LogP contribution in [0.25, 0.3) is 11.3 Å². The third-order valence-electron chi connectivity index (χ3n) is 3.80. The van der Waals surface area contributed by atoms with Crippen LogP contribution in [0.4, 0.5) is 0 Å². The zero-order valence-corrected chi connectivity index (χ0v) is 15.7. The number of aryl methyl sites for hydroxylation is 1. The number of aromatic nitrogens is 2. The van der Waals surface area contributed by atoms with Gasteiger partial charge in [-0.25, -0.2) is 0 Å². The van der Waals surface area contributed by atoms with Crippen molar-refractivity contribution in [1.29, 1.82) is 0 Å². The lowest BCUT2D eigenvalue weighted by Crippen LogP contribution is -2.36. The molecular formula is C18H20BrN5O. The largest absolute Gasteiger partial charge is 0.459 e. The molecule has 3 rings (SSSR count). The Morgan fingerprint density at radius 3 is 2.56 bits per heavy atom. The normalized spacial score (nSPS) is 11.6. The van der Waals surface area contributed by atoms with E-state index in [-0.39, 0.29) is 0 Å². The Balaban J connectivity index is 1.55. The van der Waals surface area contributed by atoms with Gasteiger partial charge in [0.15, 0.2) is 5.96 Å². The fourth-order valence-corrected chi connectivity index (χ4v) is 2.65. The zero-order chi connectivity index (χ0) is 17.6. The maximum atomic E-state index is 5.90. The van der Waals surface area contributed by atoms with Crippen LogP contribution in [0.3, 0.4) is 0 Å². The van der Waals surface area contributed by atoms with Gasteiger partial charge in [0.05, 0.1) is 18.8 Å². The lowest BCUT2D eigenvalue weighted by Gasteiger charge is -2.11. The summed E-state index contributed by atoms with van der Waals surface area (Å²) >= 11 is 3.44. The summed E-state index contributed by atoms with van der Waals surface area (Å²) in [4.78, 5) is 4.22. The van der Waals surface area contributed by atoms with Crippen molar-refractivity contribution >= 4 is 21.9 Å². The minimum atomic E-state index is 0.557. The summed E-state index contributed by atoms with van der Waals surface area (Å²) in [5.41, 5.74) is 2.13. The summed E-state index contributed by atoms with van der Waals surface area (Å²) in [6.45, 7) is 1.21. The van der Waals surface area contributed by atoms with E-state index in [9.17, 15) is 0 Å². The molecule has 0 aliphatic rings. The number of benzene rings is 1. The molecule has 0 aliphatic carbocycles. The predicted molar refractivity (Wildman–Crippen MR) is 102 cm³/mol. The molecule has 1 aromatic carbocycles. The first-order chi connectivity index (χ1) is 12.2. The second kappa shape index (κ2) is 8.02. The SMILES string of the molecule is CN=C(NCc1ccc(-c2ccc(Br)cc2)o1)NCc1ccnn1C. The second-order valence-electron chi connectivity index (χ2n) is 5.50. The van der Waals surface area contributed by atoms with E-state index in [4.69, 9.17) is 4.42 Å². The topological polar surface area (TPSA) is 67.4 Å². The van der Waals surface area contributed by atoms with Gasteiger partial charge >= 0.3 is 0 Å². The molecule has 6 nitrogen and oxygen atoms in total. The number of rotatable bonds is 5. The minimum absolute atomic E-state index is 0.557. The number of hydrogen-bond donors (Lipinski definition) is 2. The van der Waals surface area contributed by atoms with Gasteiger partial charge < -0.3 is 15.1 Å². The number of nitrogens with zero attached hydrogens (tertiary/aromatic N) is 3. The Morgan fingerprint density at radius 1 is 1.12 bits per heavy atom. The fraction of sp³-hybridized carbons (Fsp3) is 0.222. The van der Waals surface area contributed by atoms with Crippen molar-refractivity contribution in [3.05, 3.63) is 64.6 Å². The van der Waals surface area contributed by atoms with Crippen molar-refractivity contribution in [2.45, 2.75) is 13.1 Å². The summed E-state index contributed by atoms with van der Waals surface area (Å²) in [7, 11) is 3.66.